The molecule has 1 aromatic heterocycles. The molecule has 1 heterocycles. The Morgan fingerprint density at radius 1 is 1.65 bits per heavy atom. The largest absolute Gasteiger partial charge is 0.480 e. The first-order valence-corrected chi connectivity index (χ1v) is 6.08. The number of carboxylic acid groups (broad SMARTS) is 1. The maximum Gasteiger partial charge on any atom is 0.326 e. The number of nitrogens with zero attached hydrogens (tertiary/aromatic N) is 1. The van der Waals surface area contributed by atoms with E-state index in [2.05, 4.69) is 10.3 Å². The van der Waals surface area contributed by atoms with Crippen LogP contribution in [0.15, 0.2) is 5.38 Å². The predicted molar refractivity (Wildman–Crippen MR) is 64.9 cm³/mol. The average molecular weight is 257 g/mol. The van der Waals surface area contributed by atoms with Crippen molar-refractivity contribution in [3.8, 4) is 0 Å². The number of nitrogens with one attached hydrogen (secondary N) is 1. The Balaban J connectivity index is 2.74. The number of hydrogen-bond acceptors (Lipinski definition) is 5. The molecule has 2 atom stereocenters. The quantitative estimate of drug-likeness (QED) is 0.728. The van der Waals surface area contributed by atoms with Gasteiger partial charge in [0.2, 0.25) is 0 Å². The van der Waals surface area contributed by atoms with E-state index in [9.17, 15) is 9.59 Å². The third kappa shape index (κ3) is 3.42. The molecule has 6 nitrogen and oxygen atoms in total. The Labute approximate surface area is 103 Å². The van der Waals surface area contributed by atoms with Gasteiger partial charge in [-0.3, -0.25) is 4.79 Å². The average Bonchev–Trinajstić information content (AvgIpc) is 2.71. The van der Waals surface area contributed by atoms with Gasteiger partial charge >= 0.3 is 5.97 Å². The minimum Gasteiger partial charge on any atom is -0.480 e. The number of hydrogen-bond donors (Lipinski definition) is 3. The fourth-order valence-electron chi connectivity index (χ4n) is 1.29. The summed E-state index contributed by atoms with van der Waals surface area (Å²) in [6, 6.07) is -0.907. The molecular formula is C10H15N3O3S. The zero-order valence-corrected chi connectivity index (χ0v) is 10.5. The van der Waals surface area contributed by atoms with Crippen molar-refractivity contribution in [2.75, 3.05) is 5.73 Å². The van der Waals surface area contributed by atoms with Crippen LogP contribution in [0.5, 0.6) is 0 Å². The molecule has 1 aromatic rings. The number of nitrogens with two attached hydrogens (primary N) is 1. The first kappa shape index (κ1) is 13.4. The summed E-state index contributed by atoms with van der Waals surface area (Å²) in [5, 5.41) is 13.2. The van der Waals surface area contributed by atoms with Gasteiger partial charge in [-0.05, 0) is 5.92 Å². The van der Waals surface area contributed by atoms with Crippen molar-refractivity contribution in [1.82, 2.24) is 10.3 Å². The number of aliphatic carboxylic acids is 1. The topological polar surface area (TPSA) is 105 Å². The number of carboxylic acids is 1. The number of carbonyl (C=O) groups is 2. The van der Waals surface area contributed by atoms with Crippen LogP contribution < -0.4 is 11.1 Å². The molecule has 0 aliphatic rings. The third-order valence-electron chi connectivity index (χ3n) is 2.52. The fourth-order valence-corrected chi connectivity index (χ4v) is 1.83. The highest BCUT2D eigenvalue weighted by Gasteiger charge is 2.26. The number of nitrogen functional groups attached to an aromatic ring is 1. The SMILES string of the molecule is CCC(C)C(NC(=O)c1csc(N)n1)C(=O)O. The summed E-state index contributed by atoms with van der Waals surface area (Å²) >= 11 is 1.14. The van der Waals surface area contributed by atoms with Crippen LogP contribution in [0.25, 0.3) is 0 Å². The van der Waals surface area contributed by atoms with Gasteiger partial charge in [-0.1, -0.05) is 20.3 Å². The monoisotopic (exact) mass is 257 g/mol. The first-order chi connectivity index (χ1) is 7.95. The van der Waals surface area contributed by atoms with Crippen LogP contribution in [0, 0.1) is 5.92 Å². The predicted octanol–water partition coefficient (Wildman–Crippen LogP) is 0.954. The molecule has 1 rings (SSSR count). The molecule has 0 bridgehead atoms. The third-order valence-corrected chi connectivity index (χ3v) is 3.19. The van der Waals surface area contributed by atoms with Crippen molar-refractivity contribution in [2.24, 2.45) is 5.92 Å². The lowest BCUT2D eigenvalue weighted by molar-refractivity contribution is -0.140. The van der Waals surface area contributed by atoms with Gasteiger partial charge < -0.3 is 16.2 Å². The maximum absolute atomic E-state index is 11.7. The second-order valence-electron chi connectivity index (χ2n) is 3.75. The normalized spacial score (nSPS) is 14.0. The summed E-state index contributed by atoms with van der Waals surface area (Å²) in [7, 11) is 0. The smallest absolute Gasteiger partial charge is 0.326 e. The van der Waals surface area contributed by atoms with Gasteiger partial charge in [0.25, 0.3) is 5.91 Å². The van der Waals surface area contributed by atoms with Crippen LogP contribution in [0.4, 0.5) is 5.13 Å². The van der Waals surface area contributed by atoms with Gasteiger partial charge in [-0.25, -0.2) is 9.78 Å². The lowest BCUT2D eigenvalue weighted by Crippen LogP contribution is -2.45. The van der Waals surface area contributed by atoms with Crippen molar-refractivity contribution in [3.63, 3.8) is 0 Å². The summed E-state index contributed by atoms with van der Waals surface area (Å²) in [6.45, 7) is 3.64. The summed E-state index contributed by atoms with van der Waals surface area (Å²) in [6.07, 6.45) is 0.663. The van der Waals surface area contributed by atoms with Crippen molar-refractivity contribution >= 4 is 28.3 Å². The van der Waals surface area contributed by atoms with E-state index in [1.165, 1.54) is 5.38 Å². The highest BCUT2D eigenvalue weighted by Crippen LogP contribution is 2.13. The second-order valence-corrected chi connectivity index (χ2v) is 4.64. The number of amides is 1. The summed E-state index contributed by atoms with van der Waals surface area (Å²) < 4.78 is 0. The van der Waals surface area contributed by atoms with E-state index in [1.807, 2.05) is 6.92 Å². The van der Waals surface area contributed by atoms with Crippen LogP contribution in [0.2, 0.25) is 0 Å². The van der Waals surface area contributed by atoms with Crippen LogP contribution >= 0.6 is 11.3 Å². The van der Waals surface area contributed by atoms with E-state index in [0.29, 0.717) is 6.42 Å². The maximum atomic E-state index is 11.7. The van der Waals surface area contributed by atoms with Gasteiger partial charge in [0.1, 0.15) is 11.7 Å². The molecule has 0 fully saturated rings. The summed E-state index contributed by atoms with van der Waals surface area (Å²) in [4.78, 5) is 26.5. The summed E-state index contributed by atoms with van der Waals surface area (Å²) in [5.74, 6) is -1.70. The van der Waals surface area contributed by atoms with E-state index < -0.39 is 17.9 Å². The molecule has 7 heteroatoms. The van der Waals surface area contributed by atoms with E-state index >= 15 is 0 Å². The molecule has 94 valence electrons. The Morgan fingerprint density at radius 2 is 2.29 bits per heavy atom. The van der Waals surface area contributed by atoms with Crippen molar-refractivity contribution < 1.29 is 14.7 Å². The Bertz CT molecular complexity index is 419. The molecule has 0 radical (unpaired) electrons. The van der Waals surface area contributed by atoms with Gasteiger partial charge in [0, 0.05) is 5.38 Å². The molecule has 0 saturated carbocycles. The summed E-state index contributed by atoms with van der Waals surface area (Å²) in [5.41, 5.74) is 5.56. The van der Waals surface area contributed by atoms with E-state index in [4.69, 9.17) is 10.8 Å². The highest BCUT2D eigenvalue weighted by atomic mass is 32.1. The zero-order valence-electron chi connectivity index (χ0n) is 9.64. The lowest BCUT2D eigenvalue weighted by Gasteiger charge is -2.19. The first-order valence-electron chi connectivity index (χ1n) is 5.20. The van der Waals surface area contributed by atoms with E-state index in [0.717, 1.165) is 11.3 Å². The van der Waals surface area contributed by atoms with Crippen LogP contribution in [0.1, 0.15) is 30.8 Å². The van der Waals surface area contributed by atoms with Crippen molar-refractivity contribution in [2.45, 2.75) is 26.3 Å². The number of rotatable bonds is 5. The van der Waals surface area contributed by atoms with Gasteiger partial charge in [0.05, 0.1) is 0 Å². The number of carbonyl (C=O) groups excluding carboxylic acids is 1. The minimum absolute atomic E-state index is 0.146. The molecule has 4 N–H and O–H groups in total. The van der Waals surface area contributed by atoms with Crippen LogP contribution in [-0.2, 0) is 4.79 Å². The number of thiazole rings is 1. The molecule has 0 aliphatic heterocycles. The standard InChI is InChI=1S/C10H15N3O3S/c1-3-5(2)7(9(15)16)13-8(14)6-4-17-10(11)12-6/h4-5,7H,3H2,1-2H3,(H2,11,12)(H,13,14)(H,15,16). The van der Waals surface area contributed by atoms with Gasteiger partial charge in [-0.15, -0.1) is 11.3 Å². The molecule has 0 aromatic carbocycles. The molecule has 0 spiro atoms. The van der Waals surface area contributed by atoms with Crippen molar-refractivity contribution in [1.29, 1.82) is 0 Å². The number of anilines is 1. The van der Waals surface area contributed by atoms with E-state index in [-0.39, 0.29) is 16.7 Å². The Hall–Kier alpha value is -1.63. The molecular weight excluding hydrogens is 242 g/mol. The van der Waals surface area contributed by atoms with Crippen molar-refractivity contribution in [3.05, 3.63) is 11.1 Å². The fraction of sp³-hybridized carbons (Fsp3) is 0.500. The minimum atomic E-state index is -1.05. The Kier molecular flexibility index (Phi) is 4.45. The number of aromatic nitrogens is 1. The van der Waals surface area contributed by atoms with Gasteiger partial charge in [0.15, 0.2) is 5.13 Å². The molecule has 0 aliphatic carbocycles. The van der Waals surface area contributed by atoms with Gasteiger partial charge in [-0.2, -0.15) is 0 Å². The highest BCUT2D eigenvalue weighted by molar-refractivity contribution is 7.13. The van der Waals surface area contributed by atoms with E-state index in [1.54, 1.807) is 6.92 Å². The molecule has 2 unspecified atom stereocenters. The van der Waals surface area contributed by atoms with Crippen LogP contribution in [0.3, 0.4) is 0 Å². The second kappa shape index (κ2) is 5.62. The Morgan fingerprint density at radius 3 is 2.71 bits per heavy atom. The molecule has 17 heavy (non-hydrogen) atoms. The lowest BCUT2D eigenvalue weighted by atomic mass is 9.99. The zero-order chi connectivity index (χ0) is 13.0. The molecule has 1 amide bonds. The van der Waals surface area contributed by atoms with Crippen LogP contribution in [-0.4, -0.2) is 28.0 Å². The molecule has 0 saturated heterocycles.